The normalized spacial score (nSPS) is 12.4. The Morgan fingerprint density at radius 3 is 2.76 bits per heavy atom. The summed E-state index contributed by atoms with van der Waals surface area (Å²) in [6.45, 7) is 1.72. The fraction of sp³-hybridized carbons (Fsp3) is 0.235. The predicted molar refractivity (Wildman–Crippen MR) is 81.9 cm³/mol. The summed E-state index contributed by atoms with van der Waals surface area (Å²) < 4.78 is 5.61. The monoisotopic (exact) mass is 281 g/mol. The van der Waals surface area contributed by atoms with Crippen LogP contribution in [0.3, 0.4) is 0 Å². The second kappa shape index (κ2) is 6.90. The van der Waals surface area contributed by atoms with Crippen molar-refractivity contribution in [2.75, 3.05) is 6.54 Å². The lowest BCUT2D eigenvalue weighted by molar-refractivity contribution is 0.466. The molecular weight excluding hydrogens is 262 g/mol. The Kier molecular flexibility index (Phi) is 4.49. The molecule has 0 aliphatic rings. The maximum atomic E-state index is 5.61. The van der Waals surface area contributed by atoms with Gasteiger partial charge in [-0.2, -0.15) is 0 Å². The van der Waals surface area contributed by atoms with E-state index in [0.717, 1.165) is 31.0 Å². The molecule has 0 bridgehead atoms. The highest BCUT2D eigenvalue weighted by atomic mass is 16.3. The number of imidazole rings is 1. The second-order valence-corrected chi connectivity index (χ2v) is 5.02. The van der Waals surface area contributed by atoms with Gasteiger partial charge in [-0.25, -0.2) is 4.98 Å². The molecule has 1 unspecified atom stereocenters. The molecule has 0 spiro atoms. The van der Waals surface area contributed by atoms with Gasteiger partial charge >= 0.3 is 0 Å². The van der Waals surface area contributed by atoms with E-state index >= 15 is 0 Å². The highest BCUT2D eigenvalue weighted by Crippen LogP contribution is 2.27. The maximum absolute atomic E-state index is 5.61. The molecular formula is C17H19N3O. The maximum Gasteiger partial charge on any atom is 0.111 e. The summed E-state index contributed by atoms with van der Waals surface area (Å²) in [5.74, 6) is 1.31. The van der Waals surface area contributed by atoms with Crippen LogP contribution >= 0.6 is 0 Å². The minimum Gasteiger partial charge on any atom is -0.469 e. The van der Waals surface area contributed by atoms with Crippen LogP contribution in [0.1, 0.15) is 29.4 Å². The van der Waals surface area contributed by atoms with E-state index in [1.165, 1.54) is 5.56 Å². The third-order valence-corrected chi connectivity index (χ3v) is 3.57. The standard InChI is InChI=1S/C17H19N3O/c1-2-5-14(6-3-1)16(17-7-4-10-21-17)8-9-18-11-15-12-19-13-20-15/h1-7,10,12-13,16,18H,8-9,11H2,(H,19,20). The average molecular weight is 281 g/mol. The van der Waals surface area contributed by atoms with E-state index in [0.29, 0.717) is 0 Å². The summed E-state index contributed by atoms with van der Waals surface area (Å²) in [6.07, 6.45) is 6.27. The molecule has 4 nitrogen and oxygen atoms in total. The number of benzene rings is 1. The van der Waals surface area contributed by atoms with Gasteiger partial charge in [0.2, 0.25) is 0 Å². The molecule has 0 radical (unpaired) electrons. The molecule has 4 heteroatoms. The molecule has 1 aromatic carbocycles. The van der Waals surface area contributed by atoms with Crippen LogP contribution in [-0.2, 0) is 6.54 Å². The summed E-state index contributed by atoms with van der Waals surface area (Å²) in [6, 6.07) is 14.5. The van der Waals surface area contributed by atoms with E-state index in [2.05, 4.69) is 39.6 Å². The van der Waals surface area contributed by atoms with Gasteiger partial charge in [-0.15, -0.1) is 0 Å². The first-order chi connectivity index (χ1) is 10.4. The molecule has 1 atom stereocenters. The van der Waals surface area contributed by atoms with Gasteiger partial charge in [-0.3, -0.25) is 0 Å². The number of aromatic nitrogens is 2. The van der Waals surface area contributed by atoms with Crippen molar-refractivity contribution in [3.8, 4) is 0 Å². The Balaban J connectivity index is 1.61. The summed E-state index contributed by atoms with van der Waals surface area (Å²) in [5, 5.41) is 3.44. The summed E-state index contributed by atoms with van der Waals surface area (Å²) in [4.78, 5) is 7.11. The lowest BCUT2D eigenvalue weighted by atomic mass is 9.93. The van der Waals surface area contributed by atoms with Crippen LogP contribution in [0.4, 0.5) is 0 Å². The number of nitrogens with one attached hydrogen (secondary N) is 2. The van der Waals surface area contributed by atoms with E-state index < -0.39 is 0 Å². The van der Waals surface area contributed by atoms with Crippen molar-refractivity contribution >= 4 is 0 Å². The lowest BCUT2D eigenvalue weighted by Gasteiger charge is -2.15. The smallest absolute Gasteiger partial charge is 0.111 e. The van der Waals surface area contributed by atoms with E-state index in [4.69, 9.17) is 4.42 Å². The van der Waals surface area contributed by atoms with Crippen molar-refractivity contribution in [1.29, 1.82) is 0 Å². The summed E-state index contributed by atoms with van der Waals surface area (Å²) >= 11 is 0. The quantitative estimate of drug-likeness (QED) is 0.653. The van der Waals surface area contributed by atoms with Crippen LogP contribution in [0.15, 0.2) is 65.7 Å². The van der Waals surface area contributed by atoms with Gasteiger partial charge in [0.1, 0.15) is 5.76 Å². The first kappa shape index (κ1) is 13.6. The zero-order valence-electron chi connectivity index (χ0n) is 11.8. The van der Waals surface area contributed by atoms with Crippen LogP contribution in [0.5, 0.6) is 0 Å². The molecule has 0 amide bonds. The van der Waals surface area contributed by atoms with Gasteiger partial charge < -0.3 is 14.7 Å². The zero-order chi connectivity index (χ0) is 14.3. The molecule has 3 rings (SSSR count). The number of rotatable bonds is 7. The van der Waals surface area contributed by atoms with Crippen molar-refractivity contribution in [2.24, 2.45) is 0 Å². The van der Waals surface area contributed by atoms with Crippen LogP contribution in [-0.4, -0.2) is 16.5 Å². The van der Waals surface area contributed by atoms with Gasteiger partial charge in [0.05, 0.1) is 12.6 Å². The Morgan fingerprint density at radius 1 is 1.14 bits per heavy atom. The number of hydrogen-bond acceptors (Lipinski definition) is 3. The Bertz CT molecular complexity index is 617. The van der Waals surface area contributed by atoms with Gasteiger partial charge in [0, 0.05) is 24.4 Å². The second-order valence-electron chi connectivity index (χ2n) is 5.02. The Hall–Kier alpha value is -2.33. The lowest BCUT2D eigenvalue weighted by Crippen LogP contribution is -2.17. The van der Waals surface area contributed by atoms with Crippen molar-refractivity contribution < 1.29 is 4.42 Å². The molecule has 2 heterocycles. The first-order valence-electron chi connectivity index (χ1n) is 7.20. The number of H-pyrrole nitrogens is 1. The molecule has 21 heavy (non-hydrogen) atoms. The third kappa shape index (κ3) is 3.61. The van der Waals surface area contributed by atoms with E-state index in [1.54, 1.807) is 12.6 Å². The minimum atomic E-state index is 0.287. The van der Waals surface area contributed by atoms with Gasteiger partial charge in [-0.05, 0) is 30.7 Å². The Labute approximate surface area is 124 Å². The van der Waals surface area contributed by atoms with E-state index in [-0.39, 0.29) is 5.92 Å². The minimum absolute atomic E-state index is 0.287. The number of furan rings is 1. The van der Waals surface area contributed by atoms with Crippen LogP contribution < -0.4 is 5.32 Å². The van der Waals surface area contributed by atoms with Crippen molar-refractivity contribution in [3.63, 3.8) is 0 Å². The van der Waals surface area contributed by atoms with Crippen molar-refractivity contribution in [2.45, 2.75) is 18.9 Å². The zero-order valence-corrected chi connectivity index (χ0v) is 11.8. The molecule has 108 valence electrons. The number of hydrogen-bond donors (Lipinski definition) is 2. The first-order valence-corrected chi connectivity index (χ1v) is 7.20. The van der Waals surface area contributed by atoms with Crippen LogP contribution in [0.2, 0.25) is 0 Å². The summed E-state index contributed by atoms with van der Waals surface area (Å²) in [7, 11) is 0. The molecule has 0 saturated heterocycles. The van der Waals surface area contributed by atoms with Gasteiger partial charge in [-0.1, -0.05) is 30.3 Å². The molecule has 3 aromatic rings. The molecule has 2 N–H and O–H groups in total. The average Bonchev–Trinajstić information content (AvgIpc) is 3.21. The van der Waals surface area contributed by atoms with Crippen LogP contribution in [0, 0.1) is 0 Å². The molecule has 0 fully saturated rings. The SMILES string of the molecule is c1ccc(C(CCNCc2cnc[nH]2)c2ccco2)cc1. The van der Waals surface area contributed by atoms with Gasteiger partial charge in [0.25, 0.3) is 0 Å². The topological polar surface area (TPSA) is 53.9 Å². The number of nitrogens with zero attached hydrogens (tertiary/aromatic N) is 1. The highest BCUT2D eigenvalue weighted by molar-refractivity contribution is 5.27. The molecule has 0 saturated carbocycles. The molecule has 2 aromatic heterocycles. The predicted octanol–water partition coefficient (Wildman–Crippen LogP) is 3.31. The largest absolute Gasteiger partial charge is 0.469 e. The third-order valence-electron chi connectivity index (χ3n) is 3.57. The Morgan fingerprint density at radius 2 is 2.05 bits per heavy atom. The van der Waals surface area contributed by atoms with E-state index in [9.17, 15) is 0 Å². The van der Waals surface area contributed by atoms with Crippen molar-refractivity contribution in [3.05, 3.63) is 78.3 Å². The fourth-order valence-electron chi connectivity index (χ4n) is 2.50. The summed E-state index contributed by atoms with van der Waals surface area (Å²) in [5.41, 5.74) is 2.39. The van der Waals surface area contributed by atoms with E-state index in [1.807, 2.05) is 24.4 Å². The number of aromatic amines is 1. The fourth-order valence-corrected chi connectivity index (χ4v) is 2.50. The van der Waals surface area contributed by atoms with Crippen LogP contribution in [0.25, 0.3) is 0 Å². The highest BCUT2D eigenvalue weighted by Gasteiger charge is 2.16. The van der Waals surface area contributed by atoms with Crippen molar-refractivity contribution in [1.82, 2.24) is 15.3 Å². The molecule has 0 aliphatic heterocycles. The molecule has 0 aliphatic carbocycles. The van der Waals surface area contributed by atoms with Gasteiger partial charge in [0.15, 0.2) is 0 Å².